The van der Waals surface area contributed by atoms with Crippen molar-refractivity contribution >= 4 is 22.0 Å². The number of aromatic hydroxyl groups is 1. The van der Waals surface area contributed by atoms with Crippen LogP contribution in [0.1, 0.15) is 25.2 Å². The quantitative estimate of drug-likeness (QED) is 0.603. The van der Waals surface area contributed by atoms with Crippen molar-refractivity contribution in [2.45, 2.75) is 26.7 Å². The average Bonchev–Trinajstić information content (AvgIpc) is 2.97. The van der Waals surface area contributed by atoms with Crippen molar-refractivity contribution in [1.82, 2.24) is 9.55 Å². The van der Waals surface area contributed by atoms with Gasteiger partial charge in [-0.05, 0) is 30.2 Å². The molecule has 5 nitrogen and oxygen atoms in total. The predicted octanol–water partition coefficient (Wildman–Crippen LogP) is 4.18. The number of rotatable bonds is 3. The Bertz CT molecular complexity index is 1200. The van der Waals surface area contributed by atoms with E-state index in [1.807, 2.05) is 49.7 Å². The van der Waals surface area contributed by atoms with Gasteiger partial charge in [-0.2, -0.15) is 0 Å². The standard InChI is InChI=1S/C21H20N2O3/c1-4-12-10-13-18(11-16(12)24)26-17(5-2)19(20(13)25)21-22-14-8-6-7-9-15(14)23(21)3/h6-11,24H,4-5H2,1-3H3. The van der Waals surface area contributed by atoms with E-state index in [1.54, 1.807) is 6.07 Å². The predicted molar refractivity (Wildman–Crippen MR) is 103 cm³/mol. The van der Waals surface area contributed by atoms with Gasteiger partial charge in [-0.3, -0.25) is 4.79 Å². The molecule has 0 atom stereocenters. The Balaban J connectivity index is 2.11. The van der Waals surface area contributed by atoms with Gasteiger partial charge in [0.05, 0.1) is 16.4 Å². The summed E-state index contributed by atoms with van der Waals surface area (Å²) in [6, 6.07) is 11.1. The molecule has 4 rings (SSSR count). The van der Waals surface area contributed by atoms with Gasteiger partial charge in [0.15, 0.2) is 0 Å². The Morgan fingerprint density at radius 2 is 1.92 bits per heavy atom. The number of hydrogen-bond donors (Lipinski definition) is 1. The highest BCUT2D eigenvalue weighted by Gasteiger charge is 2.21. The van der Waals surface area contributed by atoms with E-state index < -0.39 is 0 Å². The number of phenolic OH excluding ortho intramolecular Hbond substituents is 1. The zero-order valence-corrected chi connectivity index (χ0v) is 15.0. The monoisotopic (exact) mass is 348 g/mol. The third kappa shape index (κ3) is 2.31. The molecule has 2 aromatic heterocycles. The summed E-state index contributed by atoms with van der Waals surface area (Å²) >= 11 is 0. The molecule has 0 saturated carbocycles. The molecule has 0 spiro atoms. The first-order valence-electron chi connectivity index (χ1n) is 8.78. The lowest BCUT2D eigenvalue weighted by Crippen LogP contribution is -2.12. The summed E-state index contributed by atoms with van der Waals surface area (Å²) in [4.78, 5) is 18.0. The van der Waals surface area contributed by atoms with Crippen LogP contribution in [-0.2, 0) is 19.9 Å². The van der Waals surface area contributed by atoms with Gasteiger partial charge < -0.3 is 14.1 Å². The highest BCUT2D eigenvalue weighted by Crippen LogP contribution is 2.30. The molecular formula is C21H20N2O3. The maximum absolute atomic E-state index is 13.3. The van der Waals surface area contributed by atoms with Crippen LogP contribution in [0.2, 0.25) is 0 Å². The van der Waals surface area contributed by atoms with Crippen LogP contribution in [0.4, 0.5) is 0 Å². The van der Waals surface area contributed by atoms with Gasteiger partial charge >= 0.3 is 0 Å². The van der Waals surface area contributed by atoms with Crippen LogP contribution >= 0.6 is 0 Å². The minimum atomic E-state index is -0.115. The van der Waals surface area contributed by atoms with Gasteiger partial charge in [-0.25, -0.2) is 4.98 Å². The minimum Gasteiger partial charge on any atom is -0.508 e. The number of imidazole rings is 1. The maximum atomic E-state index is 13.3. The molecule has 0 aliphatic carbocycles. The molecule has 1 N–H and O–H groups in total. The van der Waals surface area contributed by atoms with Crippen molar-refractivity contribution in [2.75, 3.05) is 0 Å². The number of aromatic nitrogens is 2. The van der Waals surface area contributed by atoms with Crippen LogP contribution in [0.3, 0.4) is 0 Å². The summed E-state index contributed by atoms with van der Waals surface area (Å²) < 4.78 is 7.92. The van der Waals surface area contributed by atoms with Crippen LogP contribution in [0.5, 0.6) is 5.75 Å². The van der Waals surface area contributed by atoms with Crippen molar-refractivity contribution < 1.29 is 9.52 Å². The lowest BCUT2D eigenvalue weighted by Gasteiger charge is -2.10. The van der Waals surface area contributed by atoms with E-state index in [2.05, 4.69) is 4.98 Å². The molecule has 0 saturated heterocycles. The lowest BCUT2D eigenvalue weighted by atomic mass is 10.0. The molecular weight excluding hydrogens is 328 g/mol. The van der Waals surface area contributed by atoms with Gasteiger partial charge in [-0.1, -0.05) is 26.0 Å². The van der Waals surface area contributed by atoms with E-state index in [4.69, 9.17) is 4.42 Å². The van der Waals surface area contributed by atoms with E-state index in [0.717, 1.165) is 16.6 Å². The summed E-state index contributed by atoms with van der Waals surface area (Å²) in [5.41, 5.74) is 3.31. The summed E-state index contributed by atoms with van der Waals surface area (Å²) in [5, 5.41) is 10.6. The molecule has 4 aromatic rings. The van der Waals surface area contributed by atoms with Crippen LogP contribution in [0.25, 0.3) is 33.4 Å². The van der Waals surface area contributed by atoms with Crippen LogP contribution < -0.4 is 5.43 Å². The Morgan fingerprint density at radius 1 is 1.15 bits per heavy atom. The van der Waals surface area contributed by atoms with Gasteiger partial charge in [0.2, 0.25) is 5.43 Å². The van der Waals surface area contributed by atoms with Crippen molar-refractivity contribution in [3.8, 4) is 17.1 Å². The second-order valence-electron chi connectivity index (χ2n) is 6.40. The second kappa shape index (κ2) is 6.02. The third-order valence-electron chi connectivity index (χ3n) is 4.88. The molecule has 0 amide bonds. The largest absolute Gasteiger partial charge is 0.508 e. The number of para-hydroxylation sites is 2. The van der Waals surface area contributed by atoms with Crippen LogP contribution in [-0.4, -0.2) is 14.7 Å². The molecule has 5 heteroatoms. The van der Waals surface area contributed by atoms with Gasteiger partial charge in [-0.15, -0.1) is 0 Å². The number of fused-ring (bicyclic) bond motifs is 2. The van der Waals surface area contributed by atoms with Crippen molar-refractivity contribution in [1.29, 1.82) is 0 Å². The third-order valence-corrected chi connectivity index (χ3v) is 4.88. The molecule has 0 aliphatic rings. The molecule has 2 aromatic carbocycles. The fourth-order valence-corrected chi connectivity index (χ4v) is 3.45. The zero-order chi connectivity index (χ0) is 18.4. The van der Waals surface area contributed by atoms with Gasteiger partial charge in [0.25, 0.3) is 0 Å². The number of nitrogens with zero attached hydrogens (tertiary/aromatic N) is 2. The smallest absolute Gasteiger partial charge is 0.203 e. The van der Waals surface area contributed by atoms with Gasteiger partial charge in [0, 0.05) is 19.5 Å². The van der Waals surface area contributed by atoms with E-state index in [-0.39, 0.29) is 11.2 Å². The highest BCUT2D eigenvalue weighted by atomic mass is 16.3. The number of hydrogen-bond acceptors (Lipinski definition) is 4. The molecule has 2 heterocycles. The zero-order valence-electron chi connectivity index (χ0n) is 15.0. The molecule has 132 valence electrons. The van der Waals surface area contributed by atoms with E-state index in [1.165, 1.54) is 6.07 Å². The molecule has 0 bridgehead atoms. The Labute approximate surface area is 150 Å². The van der Waals surface area contributed by atoms with Crippen LogP contribution in [0, 0.1) is 0 Å². The molecule has 0 fully saturated rings. The normalized spacial score (nSPS) is 11.5. The number of phenols is 1. The van der Waals surface area contributed by atoms with Crippen molar-refractivity contribution in [2.24, 2.45) is 7.05 Å². The van der Waals surface area contributed by atoms with Crippen LogP contribution in [0.15, 0.2) is 45.6 Å². The van der Waals surface area contributed by atoms with Gasteiger partial charge in [0.1, 0.15) is 28.5 Å². The summed E-state index contributed by atoms with van der Waals surface area (Å²) in [5.74, 6) is 1.33. The van der Waals surface area contributed by atoms with E-state index in [0.29, 0.717) is 41.0 Å². The first-order chi connectivity index (χ1) is 12.5. The fraction of sp³-hybridized carbons (Fsp3) is 0.238. The SMILES string of the molecule is CCc1cc2c(=O)c(-c3nc4ccccc4n3C)c(CC)oc2cc1O. The second-order valence-corrected chi connectivity index (χ2v) is 6.40. The maximum Gasteiger partial charge on any atom is 0.203 e. The molecule has 0 radical (unpaired) electrons. The highest BCUT2D eigenvalue weighted by molar-refractivity contribution is 5.86. The molecule has 0 unspecified atom stereocenters. The lowest BCUT2D eigenvalue weighted by molar-refractivity contribution is 0.466. The molecule has 26 heavy (non-hydrogen) atoms. The Hall–Kier alpha value is -3.08. The Kier molecular flexibility index (Phi) is 3.80. The Morgan fingerprint density at radius 3 is 2.62 bits per heavy atom. The first-order valence-corrected chi connectivity index (χ1v) is 8.78. The summed E-state index contributed by atoms with van der Waals surface area (Å²) in [6.45, 7) is 3.88. The number of benzene rings is 2. The average molecular weight is 348 g/mol. The topological polar surface area (TPSA) is 68.3 Å². The van der Waals surface area contributed by atoms with E-state index in [9.17, 15) is 9.90 Å². The van der Waals surface area contributed by atoms with Crippen molar-refractivity contribution in [3.63, 3.8) is 0 Å². The van der Waals surface area contributed by atoms with E-state index >= 15 is 0 Å². The first kappa shape index (κ1) is 16.4. The minimum absolute atomic E-state index is 0.115. The molecule has 0 aliphatic heterocycles. The van der Waals surface area contributed by atoms with Crippen molar-refractivity contribution in [3.05, 3.63) is 57.9 Å². The summed E-state index contributed by atoms with van der Waals surface area (Å²) in [6.07, 6.45) is 1.19. The summed E-state index contributed by atoms with van der Waals surface area (Å²) in [7, 11) is 1.90. The number of aryl methyl sites for hydroxylation is 3. The fourth-order valence-electron chi connectivity index (χ4n) is 3.45.